The van der Waals surface area contributed by atoms with Gasteiger partial charge in [0.05, 0.1) is 22.3 Å². The van der Waals surface area contributed by atoms with Gasteiger partial charge in [-0.3, -0.25) is 9.78 Å². The summed E-state index contributed by atoms with van der Waals surface area (Å²) in [7, 11) is 1.45. The lowest BCUT2D eigenvalue weighted by Gasteiger charge is -2.24. The van der Waals surface area contributed by atoms with Gasteiger partial charge in [0.2, 0.25) is 5.44 Å². The van der Waals surface area contributed by atoms with Crippen molar-refractivity contribution in [3.8, 4) is 5.75 Å². The summed E-state index contributed by atoms with van der Waals surface area (Å²) in [5, 5.41) is 7.92. The van der Waals surface area contributed by atoms with Crippen molar-refractivity contribution in [3.05, 3.63) is 29.4 Å². The fourth-order valence-electron chi connectivity index (χ4n) is 2.26. The van der Waals surface area contributed by atoms with E-state index >= 15 is 0 Å². The Morgan fingerprint density at radius 1 is 1.37 bits per heavy atom. The van der Waals surface area contributed by atoms with E-state index in [1.807, 2.05) is 32.2 Å². The Bertz CT molecular complexity index is 846. The molecule has 1 aromatic carbocycles. The van der Waals surface area contributed by atoms with E-state index in [1.165, 1.54) is 25.1 Å². The second kappa shape index (κ2) is 9.52. The molecule has 1 heterocycles. The van der Waals surface area contributed by atoms with Crippen LogP contribution in [-0.2, 0) is 9.63 Å². The summed E-state index contributed by atoms with van der Waals surface area (Å²) in [6.07, 6.45) is 7.08. The molecule has 27 heavy (non-hydrogen) atoms. The average molecular weight is 428 g/mol. The lowest BCUT2D eigenvalue weighted by atomic mass is 10.1. The summed E-state index contributed by atoms with van der Waals surface area (Å²) in [6.45, 7) is 3.63. The number of oxime groups is 1. The molecule has 0 saturated carbocycles. The number of amides is 1. The molecule has 1 atom stereocenters. The SMILES string of the molecule is CO/N=C/C(C)(C)NC(=O)C(Oc1cc(Cl)c2ncc(SC)cc2c1)SC. The number of thioether (sulfide) groups is 2. The standard InChI is InChI=1S/C18H22ClN3O3S2/c1-18(2,10-21-24-3)22-16(23)17(27-5)25-12-6-11-7-13(26-4)9-20-15(11)14(19)8-12/h6-10,17H,1-5H3,(H,22,23)/b21-10+. The predicted octanol–water partition coefficient (Wildman–Crippen LogP) is 4.21. The lowest BCUT2D eigenvalue weighted by Crippen LogP contribution is -2.49. The fourth-order valence-corrected chi connectivity index (χ4v) is 3.41. The molecule has 1 amide bonds. The Balaban J connectivity index is 2.22. The van der Waals surface area contributed by atoms with Gasteiger partial charge in [-0.05, 0) is 38.5 Å². The number of aromatic nitrogens is 1. The van der Waals surface area contributed by atoms with Crippen LogP contribution in [0.5, 0.6) is 5.75 Å². The Kier molecular flexibility index (Phi) is 7.64. The maximum absolute atomic E-state index is 12.6. The van der Waals surface area contributed by atoms with E-state index < -0.39 is 11.0 Å². The molecular weight excluding hydrogens is 406 g/mol. The number of fused-ring (bicyclic) bond motifs is 1. The minimum atomic E-state index is -0.745. The molecule has 0 saturated heterocycles. The largest absolute Gasteiger partial charge is 0.470 e. The molecule has 1 unspecified atom stereocenters. The third-order valence-electron chi connectivity index (χ3n) is 3.52. The highest BCUT2D eigenvalue weighted by molar-refractivity contribution is 7.99. The molecule has 2 rings (SSSR count). The van der Waals surface area contributed by atoms with E-state index in [9.17, 15) is 4.79 Å². The van der Waals surface area contributed by atoms with Gasteiger partial charge in [-0.1, -0.05) is 16.8 Å². The number of carbonyl (C=O) groups excluding carboxylic acids is 1. The molecule has 2 aromatic rings. The first-order valence-corrected chi connectivity index (χ1v) is 10.9. The van der Waals surface area contributed by atoms with Crippen LogP contribution in [0.25, 0.3) is 10.9 Å². The third kappa shape index (κ3) is 5.92. The normalized spacial score (nSPS) is 13.0. The van der Waals surface area contributed by atoms with Crippen LogP contribution in [0.15, 0.2) is 34.4 Å². The van der Waals surface area contributed by atoms with Crippen LogP contribution in [0.1, 0.15) is 13.8 Å². The Morgan fingerprint density at radius 2 is 2.11 bits per heavy atom. The number of halogens is 1. The summed E-state index contributed by atoms with van der Waals surface area (Å²) < 4.78 is 5.89. The smallest absolute Gasteiger partial charge is 0.272 e. The maximum atomic E-state index is 12.6. The zero-order valence-electron chi connectivity index (χ0n) is 15.8. The summed E-state index contributed by atoms with van der Waals surface area (Å²) in [5.74, 6) is 0.229. The van der Waals surface area contributed by atoms with E-state index in [1.54, 1.807) is 30.3 Å². The van der Waals surface area contributed by atoms with Gasteiger partial charge in [-0.2, -0.15) is 0 Å². The minimum Gasteiger partial charge on any atom is -0.470 e. The van der Waals surface area contributed by atoms with Gasteiger partial charge in [0, 0.05) is 22.5 Å². The number of rotatable bonds is 8. The Labute approximate surface area is 172 Å². The summed E-state index contributed by atoms with van der Waals surface area (Å²) in [4.78, 5) is 22.7. The Morgan fingerprint density at radius 3 is 2.74 bits per heavy atom. The monoisotopic (exact) mass is 427 g/mol. The van der Waals surface area contributed by atoms with Crippen molar-refractivity contribution in [2.45, 2.75) is 29.7 Å². The number of nitrogens with one attached hydrogen (secondary N) is 1. The van der Waals surface area contributed by atoms with Crippen LogP contribution >= 0.6 is 35.1 Å². The first-order chi connectivity index (χ1) is 12.8. The van der Waals surface area contributed by atoms with Crippen LogP contribution < -0.4 is 10.1 Å². The van der Waals surface area contributed by atoms with Gasteiger partial charge in [0.25, 0.3) is 5.91 Å². The number of nitrogens with zero attached hydrogens (tertiary/aromatic N) is 2. The van der Waals surface area contributed by atoms with Crippen molar-refractivity contribution < 1.29 is 14.4 Å². The van der Waals surface area contributed by atoms with Gasteiger partial charge in [-0.25, -0.2) is 0 Å². The number of carbonyl (C=O) groups is 1. The molecular formula is C18H22ClN3O3S2. The molecule has 0 fully saturated rings. The van der Waals surface area contributed by atoms with Crippen LogP contribution in [-0.4, -0.2) is 47.7 Å². The number of ether oxygens (including phenoxy) is 1. The van der Waals surface area contributed by atoms with Crippen molar-refractivity contribution >= 4 is 58.1 Å². The molecule has 0 aliphatic rings. The van der Waals surface area contributed by atoms with E-state index in [2.05, 4.69) is 20.3 Å². The third-order valence-corrected chi connectivity index (χ3v) is 5.24. The summed E-state index contributed by atoms with van der Waals surface area (Å²) in [6, 6.07) is 5.50. The number of benzene rings is 1. The minimum absolute atomic E-state index is 0.276. The second-order valence-corrected chi connectivity index (χ2v) is 8.35. The van der Waals surface area contributed by atoms with Gasteiger partial charge >= 0.3 is 0 Å². The van der Waals surface area contributed by atoms with E-state index in [0.29, 0.717) is 16.3 Å². The molecule has 0 aliphatic heterocycles. The maximum Gasteiger partial charge on any atom is 0.272 e. The van der Waals surface area contributed by atoms with Crippen LogP contribution in [0.2, 0.25) is 5.02 Å². The van der Waals surface area contributed by atoms with E-state index in [4.69, 9.17) is 16.3 Å². The van der Waals surface area contributed by atoms with Crippen molar-refractivity contribution in [2.75, 3.05) is 19.6 Å². The van der Waals surface area contributed by atoms with E-state index in [0.717, 1.165) is 10.3 Å². The lowest BCUT2D eigenvalue weighted by molar-refractivity contribution is -0.125. The quantitative estimate of drug-likeness (QED) is 0.294. The zero-order chi connectivity index (χ0) is 20.0. The molecule has 6 nitrogen and oxygen atoms in total. The molecule has 9 heteroatoms. The Hall–Kier alpha value is -1.64. The van der Waals surface area contributed by atoms with Crippen LogP contribution in [0, 0.1) is 0 Å². The highest BCUT2D eigenvalue weighted by atomic mass is 35.5. The molecule has 0 spiro atoms. The summed E-state index contributed by atoms with van der Waals surface area (Å²) >= 11 is 9.22. The van der Waals surface area contributed by atoms with Crippen molar-refractivity contribution in [1.29, 1.82) is 0 Å². The molecule has 0 radical (unpaired) electrons. The van der Waals surface area contributed by atoms with Crippen molar-refractivity contribution in [3.63, 3.8) is 0 Å². The highest BCUT2D eigenvalue weighted by Crippen LogP contribution is 2.31. The number of hydrogen-bond acceptors (Lipinski definition) is 7. The predicted molar refractivity (Wildman–Crippen MR) is 114 cm³/mol. The van der Waals surface area contributed by atoms with Gasteiger partial charge in [0.15, 0.2) is 0 Å². The average Bonchev–Trinajstić information content (AvgIpc) is 2.63. The first-order valence-electron chi connectivity index (χ1n) is 8.02. The van der Waals surface area contributed by atoms with E-state index in [-0.39, 0.29) is 5.91 Å². The van der Waals surface area contributed by atoms with Crippen LogP contribution in [0.4, 0.5) is 0 Å². The number of hydrogen-bond donors (Lipinski definition) is 1. The molecule has 1 aromatic heterocycles. The zero-order valence-corrected chi connectivity index (χ0v) is 18.2. The second-order valence-electron chi connectivity index (χ2n) is 6.17. The molecule has 1 N–H and O–H groups in total. The molecule has 0 aliphatic carbocycles. The molecule has 146 valence electrons. The van der Waals surface area contributed by atoms with Gasteiger partial charge in [0.1, 0.15) is 12.9 Å². The fraction of sp³-hybridized carbons (Fsp3) is 0.389. The summed E-state index contributed by atoms with van der Waals surface area (Å²) in [5.41, 5.74) is -0.725. The number of pyridine rings is 1. The topological polar surface area (TPSA) is 72.8 Å². The first kappa shape index (κ1) is 21.7. The van der Waals surface area contributed by atoms with Gasteiger partial charge < -0.3 is 14.9 Å². The highest BCUT2D eigenvalue weighted by Gasteiger charge is 2.26. The van der Waals surface area contributed by atoms with Crippen LogP contribution in [0.3, 0.4) is 0 Å². The van der Waals surface area contributed by atoms with Crippen molar-refractivity contribution in [1.82, 2.24) is 10.3 Å². The van der Waals surface area contributed by atoms with Gasteiger partial charge in [-0.15, -0.1) is 23.5 Å². The van der Waals surface area contributed by atoms with Crippen molar-refractivity contribution in [2.24, 2.45) is 5.16 Å². The molecule has 0 bridgehead atoms.